The lowest BCUT2D eigenvalue weighted by Gasteiger charge is -2.17. The molecule has 2 atom stereocenters. The largest absolute Gasteiger partial charge is 0.377 e. The third-order valence-corrected chi connectivity index (χ3v) is 3.03. The van der Waals surface area contributed by atoms with Gasteiger partial charge in [-0.15, -0.1) is 0 Å². The van der Waals surface area contributed by atoms with E-state index in [0.29, 0.717) is 13.1 Å². The van der Waals surface area contributed by atoms with Gasteiger partial charge in [-0.2, -0.15) is 5.26 Å². The highest BCUT2D eigenvalue weighted by molar-refractivity contribution is 5.78. The molecule has 0 unspecified atom stereocenters. The van der Waals surface area contributed by atoms with Crippen LogP contribution in [0.2, 0.25) is 0 Å². The zero-order valence-corrected chi connectivity index (χ0v) is 9.61. The van der Waals surface area contributed by atoms with Crippen molar-refractivity contribution in [1.29, 1.82) is 5.26 Å². The second-order valence-electron chi connectivity index (χ2n) is 3.99. The number of hydrogen-bond acceptors (Lipinski definition) is 4. The monoisotopic (exact) mass is 234 g/mol. The van der Waals surface area contributed by atoms with Gasteiger partial charge in [0.25, 0.3) is 0 Å². The summed E-state index contributed by atoms with van der Waals surface area (Å²) in [7, 11) is 1.63. The molecule has 0 aromatic carbocycles. The summed E-state index contributed by atoms with van der Waals surface area (Å²) >= 11 is 0. The normalized spacial score (nSPS) is 23.6. The molecule has 6 heteroatoms. The van der Waals surface area contributed by atoms with Crippen molar-refractivity contribution >= 4 is 5.91 Å². The number of aromatic nitrogens is 2. The molecule has 2 rings (SSSR count). The molecule has 1 fully saturated rings. The van der Waals surface area contributed by atoms with Crippen LogP contribution in [0.15, 0.2) is 18.7 Å². The number of carbonyl (C=O) groups is 1. The first-order valence-electron chi connectivity index (χ1n) is 5.41. The zero-order chi connectivity index (χ0) is 12.3. The SMILES string of the molecule is CO[C@@H]1CN(C(=O)CC#N)C[C@@H]1n1ccnc1. The predicted molar refractivity (Wildman–Crippen MR) is 58.9 cm³/mol. The first kappa shape index (κ1) is 11.6. The van der Waals surface area contributed by atoms with Crippen LogP contribution in [0.3, 0.4) is 0 Å². The van der Waals surface area contributed by atoms with E-state index < -0.39 is 0 Å². The molecule has 1 aliphatic rings. The average Bonchev–Trinajstić information content (AvgIpc) is 2.97. The summed E-state index contributed by atoms with van der Waals surface area (Å²) in [5.74, 6) is -0.142. The van der Waals surface area contributed by atoms with Crippen LogP contribution in [0.1, 0.15) is 12.5 Å². The lowest BCUT2D eigenvalue weighted by atomic mass is 10.2. The van der Waals surface area contributed by atoms with Gasteiger partial charge in [0.15, 0.2) is 0 Å². The van der Waals surface area contributed by atoms with Gasteiger partial charge >= 0.3 is 0 Å². The zero-order valence-electron chi connectivity index (χ0n) is 9.61. The number of imidazole rings is 1. The summed E-state index contributed by atoms with van der Waals surface area (Å²) in [6.07, 6.45) is 5.15. The predicted octanol–water partition coefficient (Wildman–Crippen LogP) is 0.195. The summed E-state index contributed by atoms with van der Waals surface area (Å²) in [4.78, 5) is 17.3. The summed E-state index contributed by atoms with van der Waals surface area (Å²) < 4.78 is 7.32. The number of amides is 1. The molecule has 2 heterocycles. The van der Waals surface area contributed by atoms with Crippen molar-refractivity contribution in [3.05, 3.63) is 18.7 Å². The van der Waals surface area contributed by atoms with Crippen molar-refractivity contribution in [3.8, 4) is 6.07 Å². The second-order valence-corrected chi connectivity index (χ2v) is 3.99. The number of hydrogen-bond donors (Lipinski definition) is 0. The Kier molecular flexibility index (Phi) is 3.40. The molecule has 0 N–H and O–H groups in total. The number of nitriles is 1. The van der Waals surface area contributed by atoms with Gasteiger partial charge in [-0.3, -0.25) is 4.79 Å². The van der Waals surface area contributed by atoms with Gasteiger partial charge < -0.3 is 14.2 Å². The van der Waals surface area contributed by atoms with Crippen LogP contribution in [0.5, 0.6) is 0 Å². The lowest BCUT2D eigenvalue weighted by Crippen LogP contribution is -2.29. The molecule has 0 bridgehead atoms. The van der Waals surface area contributed by atoms with E-state index in [1.54, 1.807) is 24.5 Å². The van der Waals surface area contributed by atoms with E-state index in [1.807, 2.05) is 16.8 Å². The quantitative estimate of drug-likeness (QED) is 0.748. The average molecular weight is 234 g/mol. The van der Waals surface area contributed by atoms with Crippen LogP contribution < -0.4 is 0 Å². The van der Waals surface area contributed by atoms with Gasteiger partial charge in [0.05, 0.1) is 24.5 Å². The van der Waals surface area contributed by atoms with Gasteiger partial charge in [0.1, 0.15) is 6.42 Å². The minimum atomic E-state index is -0.142. The maximum atomic E-state index is 11.6. The fourth-order valence-electron chi connectivity index (χ4n) is 2.12. The minimum absolute atomic E-state index is 0.0492. The van der Waals surface area contributed by atoms with Crippen molar-refractivity contribution in [2.45, 2.75) is 18.6 Å². The molecule has 1 aliphatic heterocycles. The fourth-order valence-corrected chi connectivity index (χ4v) is 2.12. The van der Waals surface area contributed by atoms with Crippen molar-refractivity contribution in [1.82, 2.24) is 14.5 Å². The number of methoxy groups -OCH3 is 1. The molecule has 0 spiro atoms. The molecule has 1 saturated heterocycles. The Morgan fingerprint density at radius 2 is 2.47 bits per heavy atom. The number of likely N-dealkylation sites (tertiary alicyclic amines) is 1. The van der Waals surface area contributed by atoms with E-state index >= 15 is 0 Å². The Hall–Kier alpha value is -1.87. The number of nitrogens with zero attached hydrogens (tertiary/aromatic N) is 4. The van der Waals surface area contributed by atoms with E-state index in [1.165, 1.54) is 0 Å². The Labute approximate surface area is 99.4 Å². The maximum absolute atomic E-state index is 11.6. The van der Waals surface area contributed by atoms with Crippen molar-refractivity contribution in [3.63, 3.8) is 0 Å². The third-order valence-electron chi connectivity index (χ3n) is 3.03. The molecule has 0 radical (unpaired) electrons. The van der Waals surface area contributed by atoms with Crippen molar-refractivity contribution < 1.29 is 9.53 Å². The molecule has 90 valence electrons. The van der Waals surface area contributed by atoms with E-state index in [-0.39, 0.29) is 24.5 Å². The first-order valence-corrected chi connectivity index (χ1v) is 5.41. The third kappa shape index (κ3) is 2.29. The highest BCUT2D eigenvalue weighted by Gasteiger charge is 2.35. The van der Waals surface area contributed by atoms with Crippen LogP contribution in [-0.4, -0.2) is 46.7 Å². The smallest absolute Gasteiger partial charge is 0.236 e. The van der Waals surface area contributed by atoms with Crippen LogP contribution >= 0.6 is 0 Å². The first-order chi connectivity index (χ1) is 8.26. The van der Waals surface area contributed by atoms with Gasteiger partial charge in [0, 0.05) is 32.6 Å². The van der Waals surface area contributed by atoms with Gasteiger partial charge in [-0.1, -0.05) is 0 Å². The van der Waals surface area contributed by atoms with E-state index in [2.05, 4.69) is 4.98 Å². The molecule has 17 heavy (non-hydrogen) atoms. The summed E-state index contributed by atoms with van der Waals surface area (Å²) in [6, 6.07) is 1.95. The van der Waals surface area contributed by atoms with Gasteiger partial charge in [-0.05, 0) is 0 Å². The van der Waals surface area contributed by atoms with Crippen molar-refractivity contribution in [2.75, 3.05) is 20.2 Å². The van der Waals surface area contributed by atoms with Gasteiger partial charge in [0.2, 0.25) is 5.91 Å². The molecule has 1 amide bonds. The van der Waals surface area contributed by atoms with Crippen LogP contribution in [-0.2, 0) is 9.53 Å². The molecular formula is C11H14N4O2. The van der Waals surface area contributed by atoms with Gasteiger partial charge in [-0.25, -0.2) is 4.98 Å². The Balaban J connectivity index is 2.09. The molecule has 0 saturated carbocycles. The number of carbonyl (C=O) groups excluding carboxylic acids is 1. The van der Waals surface area contributed by atoms with E-state index in [0.717, 1.165) is 0 Å². The van der Waals surface area contributed by atoms with Crippen LogP contribution in [0, 0.1) is 11.3 Å². The highest BCUT2D eigenvalue weighted by atomic mass is 16.5. The Bertz CT molecular complexity index is 423. The maximum Gasteiger partial charge on any atom is 0.236 e. The highest BCUT2D eigenvalue weighted by Crippen LogP contribution is 2.24. The van der Waals surface area contributed by atoms with Crippen molar-refractivity contribution in [2.24, 2.45) is 0 Å². The Morgan fingerprint density at radius 1 is 1.65 bits per heavy atom. The molecule has 1 aromatic rings. The van der Waals surface area contributed by atoms with Crippen LogP contribution in [0.25, 0.3) is 0 Å². The second kappa shape index (κ2) is 4.97. The van der Waals surface area contributed by atoms with Crippen LogP contribution in [0.4, 0.5) is 0 Å². The fraction of sp³-hybridized carbons (Fsp3) is 0.545. The van der Waals surface area contributed by atoms with E-state index in [4.69, 9.17) is 10.00 Å². The summed E-state index contributed by atoms with van der Waals surface area (Å²) in [5, 5.41) is 8.53. The number of rotatable bonds is 3. The summed E-state index contributed by atoms with van der Waals surface area (Å²) in [5.41, 5.74) is 0. The number of ether oxygens (including phenoxy) is 1. The molecule has 1 aromatic heterocycles. The van der Waals surface area contributed by atoms with E-state index in [9.17, 15) is 4.79 Å². The molecular weight excluding hydrogens is 220 g/mol. The lowest BCUT2D eigenvalue weighted by molar-refractivity contribution is -0.129. The standard InChI is InChI=1S/C11H14N4O2/c1-17-10-7-15(11(16)2-3-12)6-9(10)14-5-4-13-8-14/h4-5,8-10H,2,6-7H2,1H3/t9-,10+/m0/s1. The topological polar surface area (TPSA) is 71.2 Å². The molecule has 0 aliphatic carbocycles. The molecule has 6 nitrogen and oxygen atoms in total. The summed E-state index contributed by atoms with van der Waals surface area (Å²) in [6.45, 7) is 1.09. The minimum Gasteiger partial charge on any atom is -0.377 e. The Morgan fingerprint density at radius 3 is 3.06 bits per heavy atom.